The number of rotatable bonds is 3. The van der Waals surface area contributed by atoms with Crippen molar-refractivity contribution in [3.8, 4) is 17.2 Å². The smallest absolute Gasteiger partial charge is 0.257 e. The van der Waals surface area contributed by atoms with E-state index < -0.39 is 0 Å². The molecule has 0 aliphatic rings. The minimum absolute atomic E-state index is 0.0247. The Kier molecular flexibility index (Phi) is 4.97. The van der Waals surface area contributed by atoms with Gasteiger partial charge in [0.2, 0.25) is 5.89 Å². The van der Waals surface area contributed by atoms with Gasteiger partial charge < -0.3 is 14.8 Å². The average molecular weight is 403 g/mol. The van der Waals surface area contributed by atoms with Crippen LogP contribution in [0.25, 0.3) is 22.6 Å². The number of nitrogens with zero attached hydrogens (tertiary/aromatic N) is 1. The van der Waals surface area contributed by atoms with Crippen LogP contribution in [0.2, 0.25) is 0 Å². The van der Waals surface area contributed by atoms with Crippen LogP contribution in [0.4, 0.5) is 5.69 Å². The van der Waals surface area contributed by atoms with Crippen molar-refractivity contribution in [1.29, 1.82) is 0 Å². The number of oxazole rings is 1. The van der Waals surface area contributed by atoms with Gasteiger partial charge in [-0.05, 0) is 61.6 Å². The quantitative estimate of drug-likeness (QED) is 0.341. The molecule has 0 spiro atoms. The molecule has 0 aliphatic carbocycles. The standard InChI is InChI=1S/C22H17N3O3S/c1-13-6-8-14(9-7-13)20(27)25-22(29)23-15-10-11-18(26)16(12-15)21-24-17-4-2-3-5-19(17)28-21/h2-12,26H,1H3,(H2,23,25,27,29). The summed E-state index contributed by atoms with van der Waals surface area (Å²) in [6.45, 7) is 1.95. The number of thiocarbonyl (C=S) groups is 1. The molecule has 6 nitrogen and oxygen atoms in total. The van der Waals surface area contributed by atoms with Crippen molar-refractivity contribution in [1.82, 2.24) is 10.3 Å². The first-order valence-electron chi connectivity index (χ1n) is 8.87. The third-order valence-electron chi connectivity index (χ3n) is 4.32. The summed E-state index contributed by atoms with van der Waals surface area (Å²) in [4.78, 5) is 16.7. The van der Waals surface area contributed by atoms with E-state index in [1.54, 1.807) is 30.3 Å². The molecule has 144 valence electrons. The number of carbonyl (C=O) groups excluding carboxylic acids is 1. The second-order valence-corrected chi connectivity index (χ2v) is 6.90. The lowest BCUT2D eigenvalue weighted by atomic mass is 10.1. The van der Waals surface area contributed by atoms with Crippen molar-refractivity contribution in [2.45, 2.75) is 6.92 Å². The number of aromatic hydroxyl groups is 1. The number of nitrogens with one attached hydrogen (secondary N) is 2. The molecule has 0 aliphatic heterocycles. The van der Waals surface area contributed by atoms with Crippen LogP contribution >= 0.6 is 12.2 Å². The third-order valence-corrected chi connectivity index (χ3v) is 4.52. The average Bonchev–Trinajstić information content (AvgIpc) is 3.14. The first kappa shape index (κ1) is 18.6. The highest BCUT2D eigenvalue weighted by molar-refractivity contribution is 7.80. The van der Waals surface area contributed by atoms with E-state index in [2.05, 4.69) is 15.6 Å². The Bertz CT molecular complexity index is 1180. The SMILES string of the molecule is Cc1ccc(C(=O)NC(=S)Nc2ccc(O)c(-c3nc4ccccc4o3)c2)cc1. The summed E-state index contributed by atoms with van der Waals surface area (Å²) in [5.41, 5.74) is 3.89. The van der Waals surface area contributed by atoms with Gasteiger partial charge in [0.25, 0.3) is 5.91 Å². The first-order chi connectivity index (χ1) is 14.0. The van der Waals surface area contributed by atoms with Crippen LogP contribution in [0, 0.1) is 6.92 Å². The van der Waals surface area contributed by atoms with Crippen LogP contribution < -0.4 is 10.6 Å². The maximum atomic E-state index is 12.3. The molecule has 1 heterocycles. The van der Waals surface area contributed by atoms with Crippen molar-refractivity contribution >= 4 is 40.0 Å². The number of carbonyl (C=O) groups is 1. The van der Waals surface area contributed by atoms with Gasteiger partial charge in [0.05, 0.1) is 5.56 Å². The molecule has 0 atom stereocenters. The van der Waals surface area contributed by atoms with Gasteiger partial charge in [-0.15, -0.1) is 0 Å². The lowest BCUT2D eigenvalue weighted by molar-refractivity contribution is 0.0977. The van der Waals surface area contributed by atoms with Gasteiger partial charge in [-0.25, -0.2) is 4.98 Å². The molecule has 0 fully saturated rings. The van der Waals surface area contributed by atoms with Gasteiger partial charge >= 0.3 is 0 Å². The van der Waals surface area contributed by atoms with Gasteiger partial charge in [0.15, 0.2) is 10.7 Å². The van der Waals surface area contributed by atoms with Crippen molar-refractivity contribution < 1.29 is 14.3 Å². The van der Waals surface area contributed by atoms with Crippen LogP contribution in [0.1, 0.15) is 15.9 Å². The van der Waals surface area contributed by atoms with E-state index in [1.165, 1.54) is 6.07 Å². The monoisotopic (exact) mass is 403 g/mol. The Labute approximate surface area is 172 Å². The third kappa shape index (κ3) is 4.09. The second-order valence-electron chi connectivity index (χ2n) is 6.49. The molecule has 0 unspecified atom stereocenters. The van der Waals surface area contributed by atoms with E-state index in [0.717, 1.165) is 5.56 Å². The zero-order valence-electron chi connectivity index (χ0n) is 15.5. The molecule has 0 saturated carbocycles. The maximum Gasteiger partial charge on any atom is 0.257 e. The largest absolute Gasteiger partial charge is 0.507 e. The summed E-state index contributed by atoms with van der Waals surface area (Å²) in [6, 6.07) is 19.4. The predicted molar refractivity (Wildman–Crippen MR) is 116 cm³/mol. The van der Waals surface area contributed by atoms with Crippen LogP contribution in [0.5, 0.6) is 5.75 Å². The lowest BCUT2D eigenvalue weighted by Gasteiger charge is -2.11. The van der Waals surface area contributed by atoms with E-state index >= 15 is 0 Å². The molecule has 3 N–H and O–H groups in total. The molecule has 0 radical (unpaired) electrons. The molecule has 7 heteroatoms. The number of benzene rings is 3. The molecule has 4 rings (SSSR count). The minimum atomic E-state index is -0.305. The Morgan fingerprint density at radius 1 is 1.07 bits per heavy atom. The number of phenols is 1. The summed E-state index contributed by atoms with van der Waals surface area (Å²) in [5.74, 6) is 0.0131. The van der Waals surface area contributed by atoms with E-state index in [0.29, 0.717) is 33.8 Å². The van der Waals surface area contributed by atoms with Crippen LogP contribution in [-0.2, 0) is 0 Å². The van der Waals surface area contributed by atoms with E-state index in [9.17, 15) is 9.90 Å². The van der Waals surface area contributed by atoms with Gasteiger partial charge in [-0.2, -0.15) is 0 Å². The maximum absolute atomic E-state index is 12.3. The highest BCUT2D eigenvalue weighted by Gasteiger charge is 2.14. The molecule has 29 heavy (non-hydrogen) atoms. The van der Waals surface area contributed by atoms with Gasteiger partial charge in [-0.1, -0.05) is 29.8 Å². The number of aromatic nitrogens is 1. The van der Waals surface area contributed by atoms with Gasteiger partial charge in [-0.3, -0.25) is 10.1 Å². The number of hydrogen-bond acceptors (Lipinski definition) is 5. The lowest BCUT2D eigenvalue weighted by Crippen LogP contribution is -2.34. The predicted octanol–water partition coefficient (Wildman–Crippen LogP) is 4.64. The number of anilines is 1. The number of fused-ring (bicyclic) bond motifs is 1. The molecule has 3 aromatic carbocycles. The van der Waals surface area contributed by atoms with Gasteiger partial charge in [0, 0.05) is 11.3 Å². The summed E-state index contributed by atoms with van der Waals surface area (Å²) in [6.07, 6.45) is 0. The van der Waals surface area contributed by atoms with Crippen molar-refractivity contribution in [3.05, 3.63) is 77.9 Å². The minimum Gasteiger partial charge on any atom is -0.507 e. The van der Waals surface area contributed by atoms with Crippen molar-refractivity contribution in [3.63, 3.8) is 0 Å². The fraction of sp³-hybridized carbons (Fsp3) is 0.0455. The highest BCUT2D eigenvalue weighted by Crippen LogP contribution is 2.33. The number of para-hydroxylation sites is 2. The van der Waals surface area contributed by atoms with E-state index in [4.69, 9.17) is 16.6 Å². The summed E-state index contributed by atoms with van der Waals surface area (Å²) in [5, 5.41) is 16.0. The molecular formula is C22H17N3O3S. The van der Waals surface area contributed by atoms with Gasteiger partial charge in [0.1, 0.15) is 11.3 Å². The topological polar surface area (TPSA) is 87.4 Å². The zero-order valence-corrected chi connectivity index (χ0v) is 16.3. The van der Waals surface area contributed by atoms with Crippen LogP contribution in [-0.4, -0.2) is 21.1 Å². The molecule has 4 aromatic rings. The van der Waals surface area contributed by atoms with Crippen LogP contribution in [0.3, 0.4) is 0 Å². The number of aryl methyl sites for hydroxylation is 1. The summed E-state index contributed by atoms with van der Waals surface area (Å²) in [7, 11) is 0. The van der Waals surface area contributed by atoms with Crippen molar-refractivity contribution in [2.75, 3.05) is 5.32 Å². The first-order valence-corrected chi connectivity index (χ1v) is 9.28. The van der Waals surface area contributed by atoms with Crippen molar-refractivity contribution in [2.24, 2.45) is 0 Å². The highest BCUT2D eigenvalue weighted by atomic mass is 32.1. The molecule has 0 bridgehead atoms. The Hall–Kier alpha value is -3.71. The molecule has 0 saturated heterocycles. The Morgan fingerprint density at radius 2 is 1.83 bits per heavy atom. The fourth-order valence-electron chi connectivity index (χ4n) is 2.82. The number of amides is 1. The molecule has 1 aromatic heterocycles. The summed E-state index contributed by atoms with van der Waals surface area (Å²) >= 11 is 5.24. The fourth-order valence-corrected chi connectivity index (χ4v) is 3.03. The number of phenolic OH excluding ortho intramolecular Hbond substituents is 1. The zero-order chi connectivity index (χ0) is 20.4. The second kappa shape index (κ2) is 7.73. The Balaban J connectivity index is 1.52. The van der Waals surface area contributed by atoms with E-state index in [-0.39, 0.29) is 16.8 Å². The van der Waals surface area contributed by atoms with E-state index in [1.807, 2.05) is 37.3 Å². The Morgan fingerprint density at radius 3 is 2.59 bits per heavy atom. The molecule has 1 amide bonds. The normalized spacial score (nSPS) is 10.7. The summed E-state index contributed by atoms with van der Waals surface area (Å²) < 4.78 is 5.73. The van der Waals surface area contributed by atoms with Crippen LogP contribution in [0.15, 0.2) is 71.1 Å². The number of hydrogen-bond donors (Lipinski definition) is 3. The molecular weight excluding hydrogens is 386 g/mol.